The summed E-state index contributed by atoms with van der Waals surface area (Å²) in [7, 11) is 0. The summed E-state index contributed by atoms with van der Waals surface area (Å²) >= 11 is 0. The largest absolute Gasteiger partial charge is 0.465 e. The third kappa shape index (κ3) is 4.24. The molecule has 0 spiro atoms. The van der Waals surface area contributed by atoms with Gasteiger partial charge in [-0.3, -0.25) is 18.7 Å². The summed E-state index contributed by atoms with van der Waals surface area (Å²) < 4.78 is 12.6. The molecule has 2 heterocycles. The minimum atomic E-state index is -0.543. The quantitative estimate of drug-likeness (QED) is 0.688. The Kier molecular flexibility index (Phi) is 6.59. The van der Waals surface area contributed by atoms with E-state index in [2.05, 4.69) is 0 Å². The molecule has 0 atom stereocenters. The third-order valence-electron chi connectivity index (χ3n) is 5.28. The minimum absolute atomic E-state index is 0.205. The van der Waals surface area contributed by atoms with Gasteiger partial charge in [0.1, 0.15) is 6.54 Å². The number of likely N-dealkylation sites (tertiary alicyclic amines) is 1. The maximum absolute atomic E-state index is 13.3. The van der Waals surface area contributed by atoms with Gasteiger partial charge in [0.25, 0.3) is 5.56 Å². The van der Waals surface area contributed by atoms with Gasteiger partial charge in [-0.15, -0.1) is 0 Å². The Morgan fingerprint density at radius 1 is 1.07 bits per heavy atom. The minimum Gasteiger partial charge on any atom is -0.465 e. The molecule has 0 N–H and O–H groups in total. The van der Waals surface area contributed by atoms with Crippen LogP contribution in [0.1, 0.15) is 38.3 Å². The van der Waals surface area contributed by atoms with Crippen molar-refractivity contribution >= 4 is 23.0 Å². The molecule has 0 unspecified atom stereocenters. The van der Waals surface area contributed by atoms with Crippen LogP contribution in [0, 0.1) is 6.92 Å². The molecule has 1 fully saturated rings. The maximum Gasteiger partial charge on any atom is 0.409 e. The smallest absolute Gasteiger partial charge is 0.409 e. The van der Waals surface area contributed by atoms with Crippen LogP contribution in [0.15, 0.2) is 27.8 Å². The lowest BCUT2D eigenvalue weighted by Gasteiger charge is -2.32. The highest BCUT2D eigenvalue weighted by Crippen LogP contribution is 2.21. The van der Waals surface area contributed by atoms with Crippen LogP contribution < -0.4 is 11.2 Å². The fourth-order valence-electron chi connectivity index (χ4n) is 3.84. The molecule has 1 amide bonds. The molecular weight excluding hydrogens is 390 g/mol. The van der Waals surface area contributed by atoms with Crippen LogP contribution in [0.5, 0.6) is 0 Å². The summed E-state index contributed by atoms with van der Waals surface area (Å²) in [6.45, 7) is 6.30. The molecule has 162 valence electrons. The van der Waals surface area contributed by atoms with Crippen molar-refractivity contribution < 1.29 is 19.1 Å². The molecule has 1 aliphatic heterocycles. The van der Waals surface area contributed by atoms with E-state index in [0.29, 0.717) is 43.4 Å². The van der Waals surface area contributed by atoms with E-state index in [4.69, 9.17) is 9.47 Å². The predicted octanol–water partition coefficient (Wildman–Crippen LogP) is 1.83. The molecule has 0 bridgehead atoms. The molecule has 9 heteroatoms. The molecule has 0 aliphatic carbocycles. The molecule has 0 saturated carbocycles. The Bertz CT molecular complexity index is 1060. The second kappa shape index (κ2) is 9.15. The number of hydrogen-bond donors (Lipinski definition) is 0. The molecule has 1 aromatic carbocycles. The number of nitrogens with zero attached hydrogens (tertiary/aromatic N) is 3. The Hall–Kier alpha value is -3.10. The van der Waals surface area contributed by atoms with E-state index in [9.17, 15) is 19.2 Å². The van der Waals surface area contributed by atoms with Crippen molar-refractivity contribution in [3.8, 4) is 0 Å². The summed E-state index contributed by atoms with van der Waals surface area (Å²) in [5, 5.41) is 0.381. The van der Waals surface area contributed by atoms with Crippen molar-refractivity contribution in [2.24, 2.45) is 0 Å². The second-order valence-corrected chi connectivity index (χ2v) is 7.29. The molecule has 3 rings (SSSR count). The van der Waals surface area contributed by atoms with E-state index in [-0.39, 0.29) is 24.8 Å². The molecule has 2 aromatic rings. The molecule has 1 saturated heterocycles. The monoisotopic (exact) mass is 417 g/mol. The summed E-state index contributed by atoms with van der Waals surface area (Å²) in [5.41, 5.74) is 0.362. The van der Waals surface area contributed by atoms with Gasteiger partial charge in [0.05, 0.1) is 24.1 Å². The van der Waals surface area contributed by atoms with Gasteiger partial charge in [0, 0.05) is 19.1 Å². The normalized spacial score (nSPS) is 14.7. The number of aryl methyl sites for hydroxylation is 1. The Labute approximate surface area is 173 Å². The highest BCUT2D eigenvalue weighted by Gasteiger charge is 2.28. The fraction of sp³-hybridized carbons (Fsp3) is 0.524. The van der Waals surface area contributed by atoms with Gasteiger partial charge in [-0.1, -0.05) is 11.6 Å². The molecule has 1 aliphatic rings. The van der Waals surface area contributed by atoms with Crippen LogP contribution in [0.25, 0.3) is 10.9 Å². The highest BCUT2D eigenvalue weighted by atomic mass is 16.6. The summed E-state index contributed by atoms with van der Waals surface area (Å²) in [6.07, 6.45) is 0.507. The van der Waals surface area contributed by atoms with E-state index in [1.54, 1.807) is 36.9 Å². The third-order valence-corrected chi connectivity index (χ3v) is 5.28. The molecule has 0 radical (unpaired) electrons. The Morgan fingerprint density at radius 3 is 2.37 bits per heavy atom. The number of benzene rings is 1. The van der Waals surface area contributed by atoms with Crippen molar-refractivity contribution in [2.45, 2.75) is 46.2 Å². The van der Waals surface area contributed by atoms with Gasteiger partial charge in [0.15, 0.2) is 0 Å². The van der Waals surface area contributed by atoms with E-state index >= 15 is 0 Å². The number of carbonyl (C=O) groups excluding carboxylic acids is 2. The first-order chi connectivity index (χ1) is 14.4. The molecular formula is C21H27N3O6. The second-order valence-electron chi connectivity index (χ2n) is 7.29. The zero-order valence-electron chi connectivity index (χ0n) is 17.6. The topological polar surface area (TPSA) is 99.8 Å². The lowest BCUT2D eigenvalue weighted by atomic mass is 10.0. The SMILES string of the molecule is CCOC(=O)Cn1c(=O)n(C2CCN(C(=O)OCC)CC2)c(=O)c2cc(C)ccc21. The van der Waals surface area contributed by atoms with Gasteiger partial charge < -0.3 is 14.4 Å². The Balaban J connectivity index is 2.03. The number of aromatic nitrogens is 2. The zero-order chi connectivity index (χ0) is 21.8. The number of piperidine rings is 1. The van der Waals surface area contributed by atoms with E-state index < -0.39 is 17.8 Å². The van der Waals surface area contributed by atoms with Gasteiger partial charge in [-0.2, -0.15) is 0 Å². The first-order valence-electron chi connectivity index (χ1n) is 10.2. The number of carbonyl (C=O) groups is 2. The average molecular weight is 417 g/mol. The standard InChI is InChI=1S/C21H27N3O6/c1-4-29-18(25)13-23-17-7-6-14(3)12-16(17)19(26)24(20(23)27)15-8-10-22(11-9-15)21(28)30-5-2/h6-7,12,15H,4-5,8-11,13H2,1-3H3. The summed E-state index contributed by atoms with van der Waals surface area (Å²) in [5.74, 6) is -0.538. The average Bonchev–Trinajstić information content (AvgIpc) is 2.72. The predicted molar refractivity (Wildman–Crippen MR) is 111 cm³/mol. The van der Waals surface area contributed by atoms with Crippen LogP contribution in [0.3, 0.4) is 0 Å². The zero-order valence-corrected chi connectivity index (χ0v) is 17.6. The van der Waals surface area contributed by atoms with Gasteiger partial charge in [-0.25, -0.2) is 9.59 Å². The lowest BCUT2D eigenvalue weighted by Crippen LogP contribution is -2.47. The maximum atomic E-state index is 13.3. The van der Waals surface area contributed by atoms with E-state index in [0.717, 1.165) is 5.56 Å². The number of amides is 1. The first kappa shape index (κ1) is 21.6. The van der Waals surface area contributed by atoms with Crippen LogP contribution in [-0.2, 0) is 20.8 Å². The fourth-order valence-corrected chi connectivity index (χ4v) is 3.84. The Morgan fingerprint density at radius 2 is 1.73 bits per heavy atom. The number of ether oxygens (including phenoxy) is 2. The first-order valence-corrected chi connectivity index (χ1v) is 10.2. The van der Waals surface area contributed by atoms with Crippen molar-refractivity contribution in [2.75, 3.05) is 26.3 Å². The van der Waals surface area contributed by atoms with Crippen LogP contribution in [-0.4, -0.2) is 52.4 Å². The molecule has 30 heavy (non-hydrogen) atoms. The van der Waals surface area contributed by atoms with Crippen molar-refractivity contribution in [3.63, 3.8) is 0 Å². The van der Waals surface area contributed by atoms with E-state index in [1.807, 2.05) is 6.92 Å². The number of hydrogen-bond acceptors (Lipinski definition) is 6. The van der Waals surface area contributed by atoms with Crippen LogP contribution in [0.2, 0.25) is 0 Å². The van der Waals surface area contributed by atoms with Crippen molar-refractivity contribution in [1.82, 2.24) is 14.0 Å². The van der Waals surface area contributed by atoms with Gasteiger partial charge >= 0.3 is 17.8 Å². The van der Waals surface area contributed by atoms with Crippen molar-refractivity contribution in [3.05, 3.63) is 44.6 Å². The highest BCUT2D eigenvalue weighted by molar-refractivity contribution is 5.80. The van der Waals surface area contributed by atoms with Gasteiger partial charge in [-0.05, 0) is 45.7 Å². The van der Waals surface area contributed by atoms with E-state index in [1.165, 1.54) is 9.13 Å². The van der Waals surface area contributed by atoms with Crippen LogP contribution in [0.4, 0.5) is 4.79 Å². The molecule has 9 nitrogen and oxygen atoms in total. The summed E-state index contributed by atoms with van der Waals surface area (Å²) in [6, 6.07) is 4.84. The number of esters is 1. The van der Waals surface area contributed by atoms with Gasteiger partial charge in [0.2, 0.25) is 0 Å². The number of fused-ring (bicyclic) bond motifs is 1. The van der Waals surface area contributed by atoms with Crippen LogP contribution >= 0.6 is 0 Å². The lowest BCUT2D eigenvalue weighted by molar-refractivity contribution is -0.143. The summed E-state index contributed by atoms with van der Waals surface area (Å²) in [4.78, 5) is 52.1. The van der Waals surface area contributed by atoms with Crippen molar-refractivity contribution in [1.29, 1.82) is 0 Å². The number of rotatable bonds is 5. The molecule has 1 aromatic heterocycles.